The maximum Gasteiger partial charge on any atom is 0.226 e. The van der Waals surface area contributed by atoms with Crippen molar-refractivity contribution in [1.82, 2.24) is 4.98 Å². The Morgan fingerprint density at radius 2 is 1.69 bits per heavy atom. The van der Waals surface area contributed by atoms with Gasteiger partial charge in [-0.3, -0.25) is 4.79 Å². The Morgan fingerprint density at radius 1 is 1.03 bits per heavy atom. The van der Waals surface area contributed by atoms with Crippen molar-refractivity contribution < 1.29 is 23.4 Å². The fourth-order valence-corrected chi connectivity index (χ4v) is 2.97. The number of benzene rings is 2. The molecule has 0 fully saturated rings. The second kappa shape index (κ2) is 9.14. The van der Waals surface area contributed by atoms with Crippen LogP contribution in [0.5, 0.6) is 17.2 Å². The summed E-state index contributed by atoms with van der Waals surface area (Å²) >= 11 is 0. The fraction of sp³-hybridized carbons (Fsp3) is 0.273. The van der Waals surface area contributed by atoms with Crippen molar-refractivity contribution in [2.24, 2.45) is 0 Å². The zero-order valence-electron chi connectivity index (χ0n) is 16.9. The molecule has 1 N–H and O–H groups in total. The summed E-state index contributed by atoms with van der Waals surface area (Å²) in [5.41, 5.74) is 2.24. The summed E-state index contributed by atoms with van der Waals surface area (Å²) < 4.78 is 21.7. The highest BCUT2D eigenvalue weighted by atomic mass is 16.5. The maximum absolute atomic E-state index is 12.4. The number of nitrogens with one attached hydrogen (secondary N) is 1. The second-order valence-corrected chi connectivity index (χ2v) is 6.35. The quantitative estimate of drug-likeness (QED) is 0.613. The van der Waals surface area contributed by atoms with E-state index in [4.69, 9.17) is 18.6 Å². The van der Waals surface area contributed by atoms with E-state index in [2.05, 4.69) is 10.3 Å². The number of carbonyl (C=O) groups excluding carboxylic acids is 1. The molecule has 0 saturated carbocycles. The van der Waals surface area contributed by atoms with Gasteiger partial charge in [0.25, 0.3) is 0 Å². The number of hydrogen-bond acceptors (Lipinski definition) is 6. The van der Waals surface area contributed by atoms with E-state index in [1.54, 1.807) is 12.1 Å². The number of methoxy groups -OCH3 is 3. The zero-order valence-corrected chi connectivity index (χ0v) is 16.9. The summed E-state index contributed by atoms with van der Waals surface area (Å²) in [6.45, 7) is 1.85. The molecule has 7 nitrogen and oxygen atoms in total. The third-order valence-corrected chi connectivity index (χ3v) is 4.45. The molecule has 0 saturated heterocycles. The Balaban J connectivity index is 1.67. The number of oxazole rings is 1. The van der Waals surface area contributed by atoms with Crippen LogP contribution in [0.1, 0.15) is 17.9 Å². The van der Waals surface area contributed by atoms with Crippen molar-refractivity contribution in [3.63, 3.8) is 0 Å². The van der Waals surface area contributed by atoms with Crippen LogP contribution in [0.3, 0.4) is 0 Å². The molecule has 0 aliphatic carbocycles. The summed E-state index contributed by atoms with van der Waals surface area (Å²) in [6.07, 6.45) is 0.733. The molecule has 1 heterocycles. The van der Waals surface area contributed by atoms with E-state index < -0.39 is 0 Å². The molecule has 1 amide bonds. The lowest BCUT2D eigenvalue weighted by atomic mass is 10.2. The van der Waals surface area contributed by atoms with Crippen LogP contribution in [-0.4, -0.2) is 32.2 Å². The van der Waals surface area contributed by atoms with E-state index in [1.807, 2.05) is 37.3 Å². The predicted octanol–water partition coefficient (Wildman–Crippen LogP) is 4.25. The Bertz CT molecular complexity index is 957. The first-order chi connectivity index (χ1) is 14.0. The number of amides is 1. The number of anilines is 1. The van der Waals surface area contributed by atoms with Gasteiger partial charge in [0.1, 0.15) is 5.76 Å². The molecule has 2 aromatic carbocycles. The number of carbonyl (C=O) groups is 1. The van der Waals surface area contributed by atoms with Gasteiger partial charge in [-0.1, -0.05) is 18.2 Å². The highest BCUT2D eigenvalue weighted by Crippen LogP contribution is 2.40. The Morgan fingerprint density at radius 3 is 2.28 bits per heavy atom. The largest absolute Gasteiger partial charge is 0.493 e. The van der Waals surface area contributed by atoms with Crippen molar-refractivity contribution in [1.29, 1.82) is 0 Å². The van der Waals surface area contributed by atoms with Crippen molar-refractivity contribution in [2.75, 3.05) is 26.6 Å². The van der Waals surface area contributed by atoms with E-state index in [1.165, 1.54) is 21.3 Å². The SMILES string of the molecule is COc1cc(NC(=O)CCc2nc(-c3ccccc3)oc2C)cc(OC)c1OC. The van der Waals surface area contributed by atoms with Crippen LogP contribution in [0.15, 0.2) is 46.9 Å². The minimum atomic E-state index is -0.150. The Labute approximate surface area is 169 Å². The van der Waals surface area contributed by atoms with Crippen LogP contribution in [0.25, 0.3) is 11.5 Å². The highest BCUT2D eigenvalue weighted by molar-refractivity contribution is 5.91. The van der Waals surface area contributed by atoms with Gasteiger partial charge >= 0.3 is 0 Å². The van der Waals surface area contributed by atoms with Crippen LogP contribution in [-0.2, 0) is 11.2 Å². The van der Waals surface area contributed by atoms with Crippen molar-refractivity contribution in [2.45, 2.75) is 19.8 Å². The monoisotopic (exact) mass is 396 g/mol. The number of rotatable bonds is 8. The Hall–Kier alpha value is -3.48. The van der Waals surface area contributed by atoms with E-state index in [0.29, 0.717) is 41.0 Å². The molecule has 1 aromatic heterocycles. The van der Waals surface area contributed by atoms with E-state index in [-0.39, 0.29) is 12.3 Å². The van der Waals surface area contributed by atoms with Crippen molar-refractivity contribution >= 4 is 11.6 Å². The molecule has 7 heteroatoms. The first-order valence-corrected chi connectivity index (χ1v) is 9.17. The number of nitrogens with zero attached hydrogens (tertiary/aromatic N) is 1. The maximum atomic E-state index is 12.4. The molecule has 3 aromatic rings. The number of aryl methyl sites for hydroxylation is 2. The minimum Gasteiger partial charge on any atom is -0.493 e. The van der Waals surface area contributed by atoms with Crippen molar-refractivity contribution in [3.8, 4) is 28.7 Å². The topological polar surface area (TPSA) is 82.8 Å². The normalized spacial score (nSPS) is 10.5. The molecule has 0 aliphatic heterocycles. The molecule has 0 atom stereocenters. The van der Waals surface area contributed by atoms with E-state index in [9.17, 15) is 4.79 Å². The van der Waals surface area contributed by atoms with Gasteiger partial charge in [0.2, 0.25) is 17.5 Å². The minimum absolute atomic E-state index is 0.150. The third-order valence-electron chi connectivity index (χ3n) is 4.45. The summed E-state index contributed by atoms with van der Waals surface area (Å²) in [5.74, 6) is 2.54. The molecule has 0 unspecified atom stereocenters. The summed E-state index contributed by atoms with van der Waals surface area (Å²) in [6, 6.07) is 13.0. The number of ether oxygens (including phenoxy) is 3. The van der Waals surface area contributed by atoms with Gasteiger partial charge in [-0.05, 0) is 19.1 Å². The lowest BCUT2D eigenvalue weighted by molar-refractivity contribution is -0.116. The van der Waals surface area contributed by atoms with E-state index >= 15 is 0 Å². The summed E-state index contributed by atoms with van der Waals surface area (Å²) in [7, 11) is 4.59. The van der Waals surface area contributed by atoms with Gasteiger partial charge in [0.05, 0.1) is 27.0 Å². The first kappa shape index (κ1) is 20.3. The molecule has 3 rings (SSSR count). The van der Waals surface area contributed by atoms with Crippen LogP contribution in [0.4, 0.5) is 5.69 Å². The zero-order chi connectivity index (χ0) is 20.8. The molecule has 0 radical (unpaired) electrons. The average Bonchev–Trinajstić information content (AvgIpc) is 3.12. The van der Waals surface area contributed by atoms with E-state index in [0.717, 1.165) is 11.3 Å². The predicted molar refractivity (Wildman–Crippen MR) is 110 cm³/mol. The molecule has 0 spiro atoms. The molecule has 29 heavy (non-hydrogen) atoms. The molecular weight excluding hydrogens is 372 g/mol. The van der Waals surface area contributed by atoms with Gasteiger partial charge in [-0.15, -0.1) is 0 Å². The number of hydrogen-bond donors (Lipinski definition) is 1. The summed E-state index contributed by atoms with van der Waals surface area (Å²) in [5, 5.41) is 2.86. The molecule has 0 aliphatic rings. The lowest BCUT2D eigenvalue weighted by Gasteiger charge is -2.14. The Kier molecular flexibility index (Phi) is 6.39. The first-order valence-electron chi connectivity index (χ1n) is 9.17. The van der Waals surface area contributed by atoms with Gasteiger partial charge in [-0.2, -0.15) is 0 Å². The fourth-order valence-electron chi connectivity index (χ4n) is 2.97. The van der Waals surface area contributed by atoms with Gasteiger partial charge < -0.3 is 23.9 Å². The molecule has 0 bridgehead atoms. The van der Waals surface area contributed by atoms with Gasteiger partial charge in [-0.25, -0.2) is 4.98 Å². The van der Waals surface area contributed by atoms with Crippen LogP contribution in [0.2, 0.25) is 0 Å². The highest BCUT2D eigenvalue weighted by Gasteiger charge is 2.16. The second-order valence-electron chi connectivity index (χ2n) is 6.35. The lowest BCUT2D eigenvalue weighted by Crippen LogP contribution is -2.13. The van der Waals surface area contributed by atoms with Crippen LogP contribution in [0, 0.1) is 6.92 Å². The van der Waals surface area contributed by atoms with Gasteiger partial charge in [0, 0.05) is 36.2 Å². The third kappa shape index (κ3) is 4.68. The average molecular weight is 396 g/mol. The van der Waals surface area contributed by atoms with Crippen LogP contribution < -0.4 is 19.5 Å². The number of aromatic nitrogens is 1. The van der Waals surface area contributed by atoms with Gasteiger partial charge in [0.15, 0.2) is 11.5 Å². The smallest absolute Gasteiger partial charge is 0.226 e. The van der Waals surface area contributed by atoms with Crippen LogP contribution >= 0.6 is 0 Å². The standard InChI is InChI=1S/C22H24N2O5/c1-14-17(24-22(29-14)15-8-6-5-7-9-15)10-11-20(25)23-16-12-18(26-2)21(28-4)19(13-16)27-3/h5-9,12-13H,10-11H2,1-4H3,(H,23,25). The van der Waals surface area contributed by atoms with Crippen molar-refractivity contribution in [3.05, 3.63) is 53.9 Å². The molecule has 152 valence electrons. The summed E-state index contributed by atoms with van der Waals surface area (Å²) in [4.78, 5) is 17.0. The molecular formula is C22H24N2O5.